The van der Waals surface area contributed by atoms with Crippen LogP contribution >= 0.6 is 0 Å². The summed E-state index contributed by atoms with van der Waals surface area (Å²) in [5.74, 6) is 1.52. The summed E-state index contributed by atoms with van der Waals surface area (Å²) < 4.78 is 10.3. The monoisotopic (exact) mass is 313 g/mol. The summed E-state index contributed by atoms with van der Waals surface area (Å²) in [6.07, 6.45) is 1.58. The maximum absolute atomic E-state index is 12.0. The van der Waals surface area contributed by atoms with Gasteiger partial charge in [0, 0.05) is 26.6 Å². The van der Waals surface area contributed by atoms with Crippen LogP contribution in [0.1, 0.15) is 12.0 Å². The van der Waals surface area contributed by atoms with Gasteiger partial charge in [-0.2, -0.15) is 0 Å². The molecule has 3 rings (SSSR count). The summed E-state index contributed by atoms with van der Waals surface area (Å²) in [4.78, 5) is 13.9. The quantitative estimate of drug-likeness (QED) is 0.823. The fourth-order valence-corrected chi connectivity index (χ4v) is 3.27. The van der Waals surface area contributed by atoms with E-state index in [4.69, 9.17) is 9.47 Å². The normalized spacial score (nSPS) is 17.9. The van der Waals surface area contributed by atoms with Crippen LogP contribution in [0.3, 0.4) is 0 Å². The molecule has 0 saturated carbocycles. The van der Waals surface area contributed by atoms with Gasteiger partial charge in [0.1, 0.15) is 5.75 Å². The minimum Gasteiger partial charge on any atom is -0.497 e. The highest BCUT2D eigenvalue weighted by Gasteiger charge is 2.29. The lowest BCUT2D eigenvalue weighted by Gasteiger charge is -2.16. The number of carbonyl (C=O) groups excluding carboxylic acids is 1. The van der Waals surface area contributed by atoms with Crippen LogP contribution in [0.4, 0.5) is 0 Å². The molecule has 0 N–H and O–H groups in total. The van der Waals surface area contributed by atoms with Crippen LogP contribution in [0.15, 0.2) is 36.4 Å². The fraction of sp³-hybridized carbons (Fsp3) is 0.421. The van der Waals surface area contributed by atoms with Crippen LogP contribution in [0.25, 0.3) is 10.8 Å². The Bertz CT molecular complexity index is 698. The minimum atomic E-state index is 0.248. The number of likely N-dealkylation sites (tertiary alicyclic amines) is 1. The van der Waals surface area contributed by atoms with E-state index in [1.165, 1.54) is 16.3 Å². The molecular formula is C19H23NO3. The molecule has 23 heavy (non-hydrogen) atoms. The van der Waals surface area contributed by atoms with Crippen molar-refractivity contribution in [3.05, 3.63) is 42.0 Å². The Labute approximate surface area is 137 Å². The van der Waals surface area contributed by atoms with E-state index < -0.39 is 0 Å². The highest BCUT2D eigenvalue weighted by atomic mass is 16.5. The third kappa shape index (κ3) is 3.64. The Hall–Kier alpha value is -2.07. The van der Waals surface area contributed by atoms with Gasteiger partial charge < -0.3 is 14.4 Å². The van der Waals surface area contributed by atoms with Crippen molar-refractivity contribution in [2.75, 3.05) is 33.9 Å². The van der Waals surface area contributed by atoms with Gasteiger partial charge in [-0.05, 0) is 40.8 Å². The third-order valence-electron chi connectivity index (χ3n) is 4.50. The molecule has 1 aliphatic heterocycles. The summed E-state index contributed by atoms with van der Waals surface area (Å²) in [6, 6.07) is 12.6. The number of hydrogen-bond acceptors (Lipinski definition) is 3. The van der Waals surface area contributed by atoms with E-state index in [9.17, 15) is 4.79 Å². The molecule has 1 aliphatic rings. The van der Waals surface area contributed by atoms with Crippen molar-refractivity contribution in [1.29, 1.82) is 0 Å². The van der Waals surface area contributed by atoms with Gasteiger partial charge in [-0.25, -0.2) is 0 Å². The number of carbonyl (C=O) groups is 1. The number of fused-ring (bicyclic) bond motifs is 1. The Balaban J connectivity index is 1.68. The Kier molecular flexibility index (Phi) is 4.82. The molecule has 4 nitrogen and oxygen atoms in total. The second-order valence-corrected chi connectivity index (χ2v) is 6.15. The molecular weight excluding hydrogens is 290 g/mol. The average Bonchev–Trinajstić information content (AvgIpc) is 2.91. The zero-order chi connectivity index (χ0) is 16.2. The zero-order valence-electron chi connectivity index (χ0n) is 13.7. The van der Waals surface area contributed by atoms with E-state index in [0.717, 1.165) is 18.7 Å². The smallest absolute Gasteiger partial charge is 0.223 e. The predicted octanol–water partition coefficient (Wildman–Crippen LogP) is 2.89. The van der Waals surface area contributed by atoms with Gasteiger partial charge in [-0.3, -0.25) is 4.79 Å². The minimum absolute atomic E-state index is 0.248. The molecule has 0 radical (unpaired) electrons. The third-order valence-corrected chi connectivity index (χ3v) is 4.50. The van der Waals surface area contributed by atoms with E-state index in [2.05, 4.69) is 24.3 Å². The van der Waals surface area contributed by atoms with Crippen LogP contribution in [0, 0.1) is 5.92 Å². The molecule has 0 aromatic heterocycles. The topological polar surface area (TPSA) is 38.8 Å². The second kappa shape index (κ2) is 7.01. The molecule has 0 aliphatic carbocycles. The molecule has 2 aromatic rings. The van der Waals surface area contributed by atoms with Crippen LogP contribution in [-0.2, 0) is 16.0 Å². The molecule has 0 spiro atoms. The van der Waals surface area contributed by atoms with Gasteiger partial charge in [0.15, 0.2) is 0 Å². The van der Waals surface area contributed by atoms with Gasteiger partial charge >= 0.3 is 0 Å². The largest absolute Gasteiger partial charge is 0.497 e. The first-order valence-corrected chi connectivity index (χ1v) is 8.03. The van der Waals surface area contributed by atoms with E-state index in [0.29, 0.717) is 25.5 Å². The van der Waals surface area contributed by atoms with Gasteiger partial charge in [-0.15, -0.1) is 0 Å². The predicted molar refractivity (Wildman–Crippen MR) is 90.8 cm³/mol. The summed E-state index contributed by atoms with van der Waals surface area (Å²) in [5, 5.41) is 2.39. The van der Waals surface area contributed by atoms with Crippen molar-refractivity contribution in [2.45, 2.75) is 12.8 Å². The van der Waals surface area contributed by atoms with Crippen molar-refractivity contribution < 1.29 is 14.3 Å². The Morgan fingerprint density at radius 2 is 1.91 bits per heavy atom. The molecule has 1 fully saturated rings. The first kappa shape index (κ1) is 15.8. The summed E-state index contributed by atoms with van der Waals surface area (Å²) >= 11 is 0. The van der Waals surface area contributed by atoms with Gasteiger partial charge in [-0.1, -0.05) is 24.3 Å². The van der Waals surface area contributed by atoms with E-state index in [1.807, 2.05) is 17.0 Å². The van der Waals surface area contributed by atoms with Crippen molar-refractivity contribution in [2.24, 2.45) is 5.92 Å². The summed E-state index contributed by atoms with van der Waals surface area (Å²) in [6.45, 7) is 2.14. The molecule has 0 bridgehead atoms. The van der Waals surface area contributed by atoms with Crippen molar-refractivity contribution >= 4 is 16.7 Å². The van der Waals surface area contributed by atoms with E-state index in [1.54, 1.807) is 14.2 Å². The van der Waals surface area contributed by atoms with Crippen LogP contribution in [0.2, 0.25) is 0 Å². The van der Waals surface area contributed by atoms with Crippen molar-refractivity contribution in [3.8, 4) is 5.75 Å². The van der Waals surface area contributed by atoms with Gasteiger partial charge in [0.2, 0.25) is 5.91 Å². The van der Waals surface area contributed by atoms with Crippen LogP contribution in [-0.4, -0.2) is 44.7 Å². The molecule has 4 heteroatoms. The maximum atomic E-state index is 12.0. The van der Waals surface area contributed by atoms with E-state index in [-0.39, 0.29) is 5.91 Å². The van der Waals surface area contributed by atoms with Crippen LogP contribution < -0.4 is 4.74 Å². The number of methoxy groups -OCH3 is 2. The zero-order valence-corrected chi connectivity index (χ0v) is 13.7. The van der Waals surface area contributed by atoms with Gasteiger partial charge in [0.25, 0.3) is 0 Å². The van der Waals surface area contributed by atoms with E-state index >= 15 is 0 Å². The summed E-state index contributed by atoms with van der Waals surface area (Å²) in [5.41, 5.74) is 1.29. The van der Waals surface area contributed by atoms with Crippen molar-refractivity contribution in [1.82, 2.24) is 4.90 Å². The number of rotatable bonds is 6. The summed E-state index contributed by atoms with van der Waals surface area (Å²) in [7, 11) is 3.35. The van der Waals surface area contributed by atoms with Crippen LogP contribution in [0.5, 0.6) is 5.75 Å². The number of hydrogen-bond donors (Lipinski definition) is 0. The fourth-order valence-electron chi connectivity index (χ4n) is 3.27. The number of nitrogens with zero attached hydrogens (tertiary/aromatic N) is 1. The first-order valence-electron chi connectivity index (χ1n) is 8.03. The second-order valence-electron chi connectivity index (χ2n) is 6.15. The lowest BCUT2D eigenvalue weighted by atomic mass is 9.96. The standard InChI is InChI=1S/C19H23NO3/c1-22-8-7-20-13-15(11-19(20)21)9-14-3-4-17-12-18(23-2)6-5-16(17)10-14/h3-6,10,12,15H,7-9,11,13H2,1-2H3/t15-/m0/s1. The molecule has 122 valence electrons. The highest BCUT2D eigenvalue weighted by molar-refractivity contribution is 5.84. The lowest BCUT2D eigenvalue weighted by molar-refractivity contribution is -0.128. The number of ether oxygens (including phenoxy) is 2. The first-order chi connectivity index (χ1) is 11.2. The molecule has 0 unspecified atom stereocenters. The molecule has 1 heterocycles. The molecule has 1 amide bonds. The molecule has 1 saturated heterocycles. The molecule has 2 aromatic carbocycles. The van der Waals surface area contributed by atoms with Crippen molar-refractivity contribution in [3.63, 3.8) is 0 Å². The Morgan fingerprint density at radius 1 is 1.13 bits per heavy atom. The highest BCUT2D eigenvalue weighted by Crippen LogP contribution is 2.26. The SMILES string of the molecule is COCCN1C[C@@H](Cc2ccc3cc(OC)ccc3c2)CC1=O. The van der Waals surface area contributed by atoms with Gasteiger partial charge in [0.05, 0.1) is 13.7 Å². The number of amides is 1. The lowest BCUT2D eigenvalue weighted by Crippen LogP contribution is -2.28. The number of benzene rings is 2. The Morgan fingerprint density at radius 3 is 2.70 bits per heavy atom. The average molecular weight is 313 g/mol. The maximum Gasteiger partial charge on any atom is 0.223 e. The molecule has 1 atom stereocenters.